The van der Waals surface area contributed by atoms with E-state index in [9.17, 15) is 9.59 Å². The molecule has 0 radical (unpaired) electrons. The van der Waals surface area contributed by atoms with Gasteiger partial charge in [0.25, 0.3) is 5.56 Å². The molecule has 0 saturated heterocycles. The molecule has 4 aromatic rings. The Morgan fingerprint density at radius 3 is 2.74 bits per heavy atom. The Morgan fingerprint density at radius 1 is 1.23 bits per heavy atom. The van der Waals surface area contributed by atoms with Gasteiger partial charge in [-0.25, -0.2) is 4.98 Å². The molecule has 0 unspecified atom stereocenters. The molecule has 0 saturated carbocycles. The van der Waals surface area contributed by atoms with Crippen molar-refractivity contribution < 1.29 is 4.79 Å². The number of benzene rings is 2. The largest absolute Gasteiger partial charge is 0.325 e. The number of aromatic amines is 1. The maximum absolute atomic E-state index is 12.6. The number of hydrogen-bond acceptors (Lipinski definition) is 6. The standard InChI is InChI=1S/C22H20N4O2S3/c1-3-14-9-5-6-10-15(14)23-17(27)12-30-21-24-19-18(20(28)25-21)31-22(29)26(19)16-11-7-4-8-13(16)2/h4-11H,3,12H2,1-2H3,(H,23,27)(H,24,25,28). The van der Waals surface area contributed by atoms with Crippen molar-refractivity contribution in [1.82, 2.24) is 14.5 Å². The Bertz CT molecular complexity index is 1390. The molecule has 0 atom stereocenters. The molecular formula is C22H20N4O2S3. The van der Waals surface area contributed by atoms with Crippen LogP contribution in [0.25, 0.3) is 16.0 Å². The third kappa shape index (κ3) is 4.48. The highest BCUT2D eigenvalue weighted by atomic mass is 32.2. The van der Waals surface area contributed by atoms with E-state index in [1.807, 2.05) is 66.9 Å². The number of rotatable bonds is 6. The van der Waals surface area contributed by atoms with Gasteiger partial charge in [0.05, 0.1) is 11.4 Å². The Balaban J connectivity index is 1.61. The van der Waals surface area contributed by atoms with Crippen LogP contribution in [0, 0.1) is 10.9 Å². The number of para-hydroxylation sites is 2. The molecule has 6 nitrogen and oxygen atoms in total. The van der Waals surface area contributed by atoms with Crippen LogP contribution in [-0.4, -0.2) is 26.2 Å². The van der Waals surface area contributed by atoms with Gasteiger partial charge in [0.1, 0.15) is 4.70 Å². The van der Waals surface area contributed by atoms with Crippen molar-refractivity contribution in [3.8, 4) is 5.69 Å². The van der Waals surface area contributed by atoms with Crippen molar-refractivity contribution in [1.29, 1.82) is 0 Å². The molecule has 2 heterocycles. The van der Waals surface area contributed by atoms with Gasteiger partial charge in [-0.3, -0.25) is 14.2 Å². The first-order chi connectivity index (χ1) is 15.0. The fourth-order valence-electron chi connectivity index (χ4n) is 3.26. The smallest absolute Gasteiger partial charge is 0.271 e. The third-order valence-corrected chi connectivity index (χ3v) is 7.02. The second-order valence-electron chi connectivity index (χ2n) is 6.86. The van der Waals surface area contributed by atoms with E-state index in [2.05, 4.69) is 15.3 Å². The SMILES string of the molecule is CCc1ccccc1NC(=O)CSc1nc2c(sc(=S)n2-c2ccccc2C)c(=O)[nH]1. The Hall–Kier alpha value is -2.75. The Morgan fingerprint density at radius 2 is 1.97 bits per heavy atom. The number of hydrogen-bond donors (Lipinski definition) is 2. The fourth-order valence-corrected chi connectivity index (χ4v) is 5.17. The molecule has 2 aromatic heterocycles. The summed E-state index contributed by atoms with van der Waals surface area (Å²) in [4.78, 5) is 32.5. The number of aryl methyl sites for hydroxylation is 2. The highest BCUT2D eigenvalue weighted by molar-refractivity contribution is 7.99. The van der Waals surface area contributed by atoms with Crippen molar-refractivity contribution in [2.45, 2.75) is 25.4 Å². The number of thioether (sulfide) groups is 1. The number of nitrogens with one attached hydrogen (secondary N) is 2. The van der Waals surface area contributed by atoms with E-state index in [-0.39, 0.29) is 17.2 Å². The molecule has 158 valence electrons. The van der Waals surface area contributed by atoms with Crippen LogP contribution in [0.4, 0.5) is 5.69 Å². The van der Waals surface area contributed by atoms with E-state index in [0.717, 1.165) is 28.9 Å². The average Bonchev–Trinajstić information content (AvgIpc) is 3.09. The highest BCUT2D eigenvalue weighted by Crippen LogP contribution is 2.26. The second-order valence-corrected chi connectivity index (χ2v) is 9.47. The van der Waals surface area contributed by atoms with Gasteiger partial charge >= 0.3 is 0 Å². The van der Waals surface area contributed by atoms with E-state index in [1.165, 1.54) is 23.1 Å². The number of amides is 1. The number of aromatic nitrogens is 3. The maximum Gasteiger partial charge on any atom is 0.271 e. The second kappa shape index (κ2) is 9.17. The van der Waals surface area contributed by atoms with E-state index in [1.54, 1.807) is 0 Å². The lowest BCUT2D eigenvalue weighted by atomic mass is 10.1. The molecule has 1 amide bonds. The van der Waals surface area contributed by atoms with Crippen molar-refractivity contribution >= 4 is 57.3 Å². The molecule has 4 rings (SSSR count). The van der Waals surface area contributed by atoms with E-state index >= 15 is 0 Å². The molecule has 2 aromatic carbocycles. The first-order valence-electron chi connectivity index (χ1n) is 9.70. The van der Waals surface area contributed by atoms with Gasteiger partial charge in [0.2, 0.25) is 5.91 Å². The number of thiazole rings is 1. The minimum Gasteiger partial charge on any atom is -0.325 e. The molecule has 0 aliphatic rings. The van der Waals surface area contributed by atoms with Gasteiger partial charge in [-0.05, 0) is 48.8 Å². The van der Waals surface area contributed by atoms with Gasteiger partial charge in [-0.1, -0.05) is 66.4 Å². The molecule has 0 aliphatic heterocycles. The zero-order valence-corrected chi connectivity index (χ0v) is 19.4. The van der Waals surface area contributed by atoms with Gasteiger partial charge < -0.3 is 10.3 Å². The van der Waals surface area contributed by atoms with E-state index < -0.39 is 0 Å². The van der Waals surface area contributed by atoms with Crippen LogP contribution >= 0.6 is 35.3 Å². The van der Waals surface area contributed by atoms with Crippen LogP contribution < -0.4 is 10.9 Å². The van der Waals surface area contributed by atoms with Crippen molar-refractivity contribution in [3.63, 3.8) is 0 Å². The number of carbonyl (C=O) groups is 1. The van der Waals surface area contributed by atoms with Crippen LogP contribution in [0.5, 0.6) is 0 Å². The number of fused-ring (bicyclic) bond motifs is 1. The molecule has 0 fully saturated rings. The maximum atomic E-state index is 12.6. The van der Waals surface area contributed by atoms with Crippen molar-refractivity contribution in [2.75, 3.05) is 11.1 Å². The van der Waals surface area contributed by atoms with Gasteiger partial charge in [-0.2, -0.15) is 0 Å². The zero-order valence-electron chi connectivity index (χ0n) is 17.0. The molecule has 0 aliphatic carbocycles. The van der Waals surface area contributed by atoms with Crippen molar-refractivity contribution in [2.24, 2.45) is 0 Å². The summed E-state index contributed by atoms with van der Waals surface area (Å²) in [6, 6.07) is 15.5. The molecule has 0 bridgehead atoms. The summed E-state index contributed by atoms with van der Waals surface area (Å²) in [5.74, 6) is -0.0310. The predicted molar refractivity (Wildman–Crippen MR) is 130 cm³/mol. The van der Waals surface area contributed by atoms with Gasteiger partial charge in [0, 0.05) is 5.69 Å². The molecular weight excluding hydrogens is 448 g/mol. The summed E-state index contributed by atoms with van der Waals surface area (Å²) in [5, 5.41) is 3.31. The Labute approximate surface area is 192 Å². The minimum atomic E-state index is -0.257. The molecule has 2 N–H and O–H groups in total. The molecule has 9 heteroatoms. The number of H-pyrrole nitrogens is 1. The van der Waals surface area contributed by atoms with Crippen molar-refractivity contribution in [3.05, 3.63) is 74.0 Å². The normalized spacial score (nSPS) is 11.0. The number of carbonyl (C=O) groups excluding carboxylic acids is 1. The molecule has 0 spiro atoms. The van der Waals surface area contributed by atoms with Crippen LogP contribution in [0.15, 0.2) is 58.5 Å². The third-order valence-electron chi connectivity index (χ3n) is 4.79. The number of anilines is 1. The van der Waals surface area contributed by atoms with Crippen LogP contribution in [0.1, 0.15) is 18.1 Å². The topological polar surface area (TPSA) is 79.8 Å². The molecule has 31 heavy (non-hydrogen) atoms. The predicted octanol–water partition coefficient (Wildman–Crippen LogP) is 5.11. The Kier molecular flexibility index (Phi) is 6.35. The quantitative estimate of drug-likeness (QED) is 0.234. The first kappa shape index (κ1) is 21.5. The fraction of sp³-hybridized carbons (Fsp3) is 0.182. The minimum absolute atomic E-state index is 0.127. The summed E-state index contributed by atoms with van der Waals surface area (Å²) in [5.41, 5.74) is 4.05. The highest BCUT2D eigenvalue weighted by Gasteiger charge is 2.16. The average molecular weight is 469 g/mol. The van der Waals surface area contributed by atoms with Crippen LogP contribution in [0.2, 0.25) is 0 Å². The first-order valence-corrected chi connectivity index (χ1v) is 11.9. The van der Waals surface area contributed by atoms with E-state index in [0.29, 0.717) is 19.5 Å². The van der Waals surface area contributed by atoms with E-state index in [4.69, 9.17) is 12.2 Å². The van der Waals surface area contributed by atoms with Crippen LogP contribution in [0.3, 0.4) is 0 Å². The summed E-state index contributed by atoms with van der Waals surface area (Å²) >= 11 is 7.94. The number of nitrogens with zero attached hydrogens (tertiary/aromatic N) is 2. The van der Waals surface area contributed by atoms with Crippen LogP contribution in [-0.2, 0) is 11.2 Å². The lowest BCUT2D eigenvalue weighted by Gasteiger charge is -2.10. The summed E-state index contributed by atoms with van der Waals surface area (Å²) in [6.07, 6.45) is 0.829. The lowest BCUT2D eigenvalue weighted by molar-refractivity contribution is -0.113. The van der Waals surface area contributed by atoms with Gasteiger partial charge in [0.15, 0.2) is 14.8 Å². The summed E-state index contributed by atoms with van der Waals surface area (Å²) in [6.45, 7) is 4.03. The summed E-state index contributed by atoms with van der Waals surface area (Å²) < 4.78 is 2.85. The monoisotopic (exact) mass is 468 g/mol. The lowest BCUT2D eigenvalue weighted by Crippen LogP contribution is -2.16. The van der Waals surface area contributed by atoms with Gasteiger partial charge in [-0.15, -0.1) is 0 Å². The zero-order chi connectivity index (χ0) is 22.0. The summed E-state index contributed by atoms with van der Waals surface area (Å²) in [7, 11) is 0.